The van der Waals surface area contributed by atoms with Gasteiger partial charge in [-0.25, -0.2) is 4.98 Å². The summed E-state index contributed by atoms with van der Waals surface area (Å²) < 4.78 is 5.57. The van der Waals surface area contributed by atoms with E-state index in [0.717, 1.165) is 10.0 Å². The zero-order valence-electron chi connectivity index (χ0n) is 6.26. The molecule has 0 amide bonds. The molecule has 0 saturated heterocycles. The van der Waals surface area contributed by atoms with E-state index in [9.17, 15) is 5.11 Å². The Bertz CT molecular complexity index is 275. The lowest BCUT2D eigenvalue weighted by Gasteiger charge is -2.04. The molecule has 0 aromatic carbocycles. The summed E-state index contributed by atoms with van der Waals surface area (Å²) in [6.07, 6.45) is 1.59. The molecule has 1 heterocycles. The Hall–Kier alpha value is -0.770. The maximum Gasteiger partial charge on any atom is 0.256 e. The zero-order chi connectivity index (χ0) is 8.43. The molecule has 60 valence electrons. The highest BCUT2D eigenvalue weighted by Gasteiger charge is 2.07. The van der Waals surface area contributed by atoms with E-state index in [1.54, 1.807) is 13.1 Å². The minimum Gasteiger partial charge on any atom is -0.503 e. The van der Waals surface area contributed by atoms with Crippen molar-refractivity contribution in [1.29, 1.82) is 0 Å². The molecule has 11 heavy (non-hydrogen) atoms. The van der Waals surface area contributed by atoms with Crippen molar-refractivity contribution in [3.8, 4) is 11.6 Å². The van der Waals surface area contributed by atoms with Gasteiger partial charge in [-0.2, -0.15) is 0 Å². The summed E-state index contributed by atoms with van der Waals surface area (Å²) in [5.41, 5.74) is 0.733. The Morgan fingerprint density at radius 1 is 1.64 bits per heavy atom. The van der Waals surface area contributed by atoms with Gasteiger partial charge >= 0.3 is 0 Å². The highest BCUT2D eigenvalue weighted by molar-refractivity contribution is 9.10. The molecule has 0 bridgehead atoms. The van der Waals surface area contributed by atoms with Crippen LogP contribution in [0, 0.1) is 6.92 Å². The lowest BCUT2D eigenvalue weighted by molar-refractivity contribution is 0.356. The van der Waals surface area contributed by atoms with E-state index in [2.05, 4.69) is 20.9 Å². The van der Waals surface area contributed by atoms with Gasteiger partial charge < -0.3 is 9.84 Å². The van der Waals surface area contributed by atoms with Crippen LogP contribution in [-0.4, -0.2) is 17.2 Å². The highest BCUT2D eigenvalue weighted by Crippen LogP contribution is 2.31. The van der Waals surface area contributed by atoms with Gasteiger partial charge in [0.1, 0.15) is 0 Å². The molecule has 1 N–H and O–H groups in total. The van der Waals surface area contributed by atoms with Crippen LogP contribution in [0.1, 0.15) is 5.56 Å². The van der Waals surface area contributed by atoms with Crippen molar-refractivity contribution in [3.63, 3.8) is 0 Å². The van der Waals surface area contributed by atoms with E-state index in [1.807, 2.05) is 0 Å². The van der Waals surface area contributed by atoms with Crippen LogP contribution >= 0.6 is 15.9 Å². The minimum atomic E-state index is 0.0851. The number of halogens is 1. The summed E-state index contributed by atoms with van der Waals surface area (Å²) in [7, 11) is 1.47. The number of hydrogen-bond acceptors (Lipinski definition) is 3. The molecule has 4 heteroatoms. The molecule has 0 radical (unpaired) electrons. The normalized spacial score (nSPS) is 9.73. The fraction of sp³-hybridized carbons (Fsp3) is 0.286. The Morgan fingerprint density at radius 2 is 2.27 bits per heavy atom. The molecule has 0 spiro atoms. The molecule has 0 atom stereocenters. The van der Waals surface area contributed by atoms with Gasteiger partial charge in [0.2, 0.25) is 0 Å². The smallest absolute Gasteiger partial charge is 0.256 e. The summed E-state index contributed by atoms with van der Waals surface area (Å²) in [5, 5.41) is 9.36. The van der Waals surface area contributed by atoms with Crippen LogP contribution in [0.3, 0.4) is 0 Å². The lowest BCUT2D eigenvalue weighted by Crippen LogP contribution is -1.90. The van der Waals surface area contributed by atoms with Gasteiger partial charge in [0.05, 0.1) is 7.11 Å². The number of rotatable bonds is 1. The third-order valence-corrected chi connectivity index (χ3v) is 2.20. The highest BCUT2D eigenvalue weighted by atomic mass is 79.9. The van der Waals surface area contributed by atoms with E-state index in [4.69, 9.17) is 4.74 Å². The summed E-state index contributed by atoms with van der Waals surface area (Å²) >= 11 is 3.23. The fourth-order valence-electron chi connectivity index (χ4n) is 0.696. The van der Waals surface area contributed by atoms with E-state index in [1.165, 1.54) is 7.11 Å². The average Bonchev–Trinajstić information content (AvgIpc) is 2.01. The van der Waals surface area contributed by atoms with Crippen molar-refractivity contribution in [2.24, 2.45) is 0 Å². The van der Waals surface area contributed by atoms with Gasteiger partial charge in [0.15, 0.2) is 5.75 Å². The van der Waals surface area contributed by atoms with Crippen LogP contribution in [0.4, 0.5) is 0 Å². The Balaban J connectivity index is 3.25. The van der Waals surface area contributed by atoms with E-state index >= 15 is 0 Å². The van der Waals surface area contributed by atoms with Crippen molar-refractivity contribution in [3.05, 3.63) is 16.2 Å². The third kappa shape index (κ3) is 1.45. The average molecular weight is 218 g/mol. The van der Waals surface area contributed by atoms with E-state index in [0.29, 0.717) is 0 Å². The number of aromatic hydroxyl groups is 1. The predicted octanol–water partition coefficient (Wildman–Crippen LogP) is 1.87. The lowest BCUT2D eigenvalue weighted by atomic mass is 10.3. The Labute approximate surface area is 73.2 Å². The van der Waals surface area contributed by atoms with E-state index in [-0.39, 0.29) is 11.6 Å². The van der Waals surface area contributed by atoms with Crippen molar-refractivity contribution in [2.75, 3.05) is 7.11 Å². The number of ether oxygens (including phenoxy) is 1. The molecule has 0 aliphatic rings. The molecule has 0 aliphatic heterocycles. The molecule has 0 aliphatic carbocycles. The van der Waals surface area contributed by atoms with Crippen LogP contribution in [0.25, 0.3) is 0 Å². The molecule has 0 fully saturated rings. The summed E-state index contributed by atoms with van der Waals surface area (Å²) in [6.45, 7) is 1.78. The second kappa shape index (κ2) is 3.09. The second-order valence-electron chi connectivity index (χ2n) is 2.09. The Morgan fingerprint density at radius 3 is 2.82 bits per heavy atom. The number of nitrogens with zero attached hydrogens (tertiary/aromatic N) is 1. The third-order valence-electron chi connectivity index (χ3n) is 1.40. The van der Waals surface area contributed by atoms with Gasteiger partial charge in [0.25, 0.3) is 5.88 Å². The largest absolute Gasteiger partial charge is 0.503 e. The zero-order valence-corrected chi connectivity index (χ0v) is 7.84. The molecule has 1 aromatic rings. The molecule has 0 unspecified atom stereocenters. The maximum atomic E-state index is 9.36. The van der Waals surface area contributed by atoms with Gasteiger partial charge in [-0.15, -0.1) is 0 Å². The maximum absolute atomic E-state index is 9.36. The fourth-order valence-corrected chi connectivity index (χ4v) is 0.986. The minimum absolute atomic E-state index is 0.0851. The number of hydrogen-bond donors (Lipinski definition) is 1. The van der Waals surface area contributed by atoms with Crippen LogP contribution < -0.4 is 4.74 Å². The first-order chi connectivity index (χ1) is 5.16. The second-order valence-corrected chi connectivity index (χ2v) is 2.94. The molecular weight excluding hydrogens is 210 g/mol. The summed E-state index contributed by atoms with van der Waals surface area (Å²) in [4.78, 5) is 3.84. The molecular formula is C7H8BrNO2. The first-order valence-corrected chi connectivity index (χ1v) is 3.84. The Kier molecular flexibility index (Phi) is 2.34. The number of pyridine rings is 1. The van der Waals surface area contributed by atoms with Gasteiger partial charge in [-0.05, 0) is 22.9 Å². The van der Waals surface area contributed by atoms with Crippen LogP contribution in [0.15, 0.2) is 10.7 Å². The quantitative estimate of drug-likeness (QED) is 0.782. The molecule has 1 rings (SSSR count). The summed E-state index contributed by atoms with van der Waals surface area (Å²) in [6, 6.07) is 0. The van der Waals surface area contributed by atoms with Crippen LogP contribution in [0.5, 0.6) is 11.6 Å². The standard InChI is InChI=1S/C7H8BrNO2/c1-4-5(8)3-9-7(11-2)6(4)10/h3,10H,1-2H3. The van der Waals surface area contributed by atoms with Crippen LogP contribution in [-0.2, 0) is 0 Å². The van der Waals surface area contributed by atoms with Crippen molar-refractivity contribution >= 4 is 15.9 Å². The summed E-state index contributed by atoms with van der Waals surface area (Å²) in [5.74, 6) is 0.340. The SMILES string of the molecule is COc1ncc(Br)c(C)c1O. The molecule has 0 saturated carbocycles. The molecule has 3 nitrogen and oxygen atoms in total. The predicted molar refractivity (Wildman–Crippen MR) is 44.9 cm³/mol. The first kappa shape index (κ1) is 8.33. The molecule has 1 aromatic heterocycles. The van der Waals surface area contributed by atoms with Crippen LogP contribution in [0.2, 0.25) is 0 Å². The van der Waals surface area contributed by atoms with Crippen molar-refractivity contribution in [2.45, 2.75) is 6.92 Å². The first-order valence-electron chi connectivity index (χ1n) is 3.05. The topological polar surface area (TPSA) is 42.4 Å². The van der Waals surface area contributed by atoms with E-state index < -0.39 is 0 Å². The van der Waals surface area contributed by atoms with Crippen molar-refractivity contribution in [1.82, 2.24) is 4.98 Å². The monoisotopic (exact) mass is 217 g/mol. The van der Waals surface area contributed by atoms with Gasteiger partial charge in [0, 0.05) is 16.2 Å². The van der Waals surface area contributed by atoms with Gasteiger partial charge in [-0.1, -0.05) is 0 Å². The van der Waals surface area contributed by atoms with Crippen molar-refractivity contribution < 1.29 is 9.84 Å². The number of aromatic nitrogens is 1. The number of methoxy groups -OCH3 is 1. The van der Waals surface area contributed by atoms with Gasteiger partial charge in [-0.3, -0.25) is 0 Å².